The number of amides is 3. The zero-order valence-electron chi connectivity index (χ0n) is 10.00. The molecule has 0 unspecified atom stereocenters. The molecule has 3 amide bonds. The average molecular weight is 243 g/mol. The predicted octanol–water partition coefficient (Wildman–Crippen LogP) is -0.144. The van der Waals surface area contributed by atoms with Gasteiger partial charge in [-0.25, -0.2) is 4.79 Å². The molecule has 0 aromatic carbocycles. The maximum absolute atomic E-state index is 11.1. The Balaban J connectivity index is 2.24. The first-order chi connectivity index (χ1) is 8.02. The smallest absolute Gasteiger partial charge is 0.318 e. The van der Waals surface area contributed by atoms with Crippen molar-refractivity contribution in [1.29, 1.82) is 0 Å². The lowest BCUT2D eigenvalue weighted by Gasteiger charge is -2.26. The third-order valence-electron chi connectivity index (χ3n) is 3.04. The lowest BCUT2D eigenvalue weighted by atomic mass is 9.94. The first kappa shape index (κ1) is 13.9. The minimum absolute atomic E-state index is 0.00868. The maximum Gasteiger partial charge on any atom is 0.318 e. The largest absolute Gasteiger partial charge is 0.389 e. The number of hydrogen-bond donors (Lipinski definition) is 4. The molecule has 6 nitrogen and oxygen atoms in total. The van der Waals surface area contributed by atoms with Gasteiger partial charge in [-0.2, -0.15) is 0 Å². The number of primary amides is 1. The Labute approximate surface area is 101 Å². The van der Waals surface area contributed by atoms with Crippen molar-refractivity contribution in [1.82, 2.24) is 10.6 Å². The van der Waals surface area contributed by atoms with Crippen LogP contribution in [-0.4, -0.2) is 35.7 Å². The molecule has 0 aliphatic heterocycles. The Kier molecular flexibility index (Phi) is 5.37. The van der Waals surface area contributed by atoms with Crippen LogP contribution in [0.1, 0.15) is 38.5 Å². The van der Waals surface area contributed by atoms with Crippen molar-refractivity contribution in [2.75, 3.05) is 13.1 Å². The second kappa shape index (κ2) is 6.56. The van der Waals surface area contributed by atoms with Gasteiger partial charge < -0.3 is 16.2 Å². The number of urea groups is 1. The van der Waals surface area contributed by atoms with Gasteiger partial charge in [0.2, 0.25) is 5.91 Å². The summed E-state index contributed by atoms with van der Waals surface area (Å²) in [6.07, 6.45) is 5.88. The van der Waals surface area contributed by atoms with Gasteiger partial charge in [-0.05, 0) is 12.8 Å². The molecule has 0 aromatic rings. The van der Waals surface area contributed by atoms with Crippen LogP contribution in [0.4, 0.5) is 4.79 Å². The summed E-state index contributed by atoms with van der Waals surface area (Å²) in [6, 6.07) is -0.857. The van der Waals surface area contributed by atoms with Gasteiger partial charge in [0.25, 0.3) is 0 Å². The van der Waals surface area contributed by atoms with E-state index in [1.807, 2.05) is 5.32 Å². The van der Waals surface area contributed by atoms with E-state index >= 15 is 0 Å². The van der Waals surface area contributed by atoms with Crippen LogP contribution in [0, 0.1) is 0 Å². The molecule has 98 valence electrons. The van der Waals surface area contributed by atoms with Gasteiger partial charge in [-0.15, -0.1) is 0 Å². The fourth-order valence-electron chi connectivity index (χ4n) is 2.15. The van der Waals surface area contributed by atoms with Crippen LogP contribution >= 0.6 is 0 Å². The van der Waals surface area contributed by atoms with Gasteiger partial charge in [0.15, 0.2) is 0 Å². The summed E-state index contributed by atoms with van der Waals surface area (Å²) in [4.78, 5) is 21.5. The number of hydrogen-bond acceptors (Lipinski definition) is 4. The standard InChI is InChI=1S/C11H21N3O3/c12-10(16)14-9(15)7-13-8-11(17)5-3-1-2-4-6-11/h13,17H,1-8H2,(H3,12,14,15,16). The fourth-order valence-corrected chi connectivity index (χ4v) is 2.15. The first-order valence-corrected chi connectivity index (χ1v) is 6.04. The van der Waals surface area contributed by atoms with Crippen LogP contribution in [-0.2, 0) is 4.79 Å². The summed E-state index contributed by atoms with van der Waals surface area (Å²) in [7, 11) is 0. The Hall–Kier alpha value is -1.14. The molecule has 1 saturated carbocycles. The lowest BCUT2D eigenvalue weighted by Crippen LogP contribution is -2.45. The van der Waals surface area contributed by atoms with Gasteiger partial charge >= 0.3 is 6.03 Å². The van der Waals surface area contributed by atoms with E-state index < -0.39 is 17.5 Å². The van der Waals surface area contributed by atoms with Gasteiger partial charge in [0, 0.05) is 6.54 Å². The van der Waals surface area contributed by atoms with Gasteiger partial charge in [-0.3, -0.25) is 10.1 Å². The molecule has 0 saturated heterocycles. The van der Waals surface area contributed by atoms with Crippen molar-refractivity contribution in [3.8, 4) is 0 Å². The molecule has 5 N–H and O–H groups in total. The molecule has 1 aliphatic carbocycles. The highest BCUT2D eigenvalue weighted by Gasteiger charge is 2.27. The lowest BCUT2D eigenvalue weighted by molar-refractivity contribution is -0.119. The minimum Gasteiger partial charge on any atom is -0.389 e. The topological polar surface area (TPSA) is 104 Å². The van der Waals surface area contributed by atoms with Crippen molar-refractivity contribution in [3.05, 3.63) is 0 Å². The molecular formula is C11H21N3O3. The van der Waals surface area contributed by atoms with E-state index in [1.54, 1.807) is 0 Å². The molecule has 17 heavy (non-hydrogen) atoms. The summed E-state index contributed by atoms with van der Waals surface area (Å²) in [5.41, 5.74) is 4.09. The summed E-state index contributed by atoms with van der Waals surface area (Å²) in [5.74, 6) is -0.477. The molecule has 0 spiro atoms. The highest BCUT2D eigenvalue weighted by molar-refractivity contribution is 5.94. The third-order valence-corrected chi connectivity index (χ3v) is 3.04. The van der Waals surface area contributed by atoms with E-state index in [0.717, 1.165) is 38.5 Å². The zero-order chi connectivity index (χ0) is 12.7. The van der Waals surface area contributed by atoms with Crippen molar-refractivity contribution in [2.24, 2.45) is 5.73 Å². The second-order valence-electron chi connectivity index (χ2n) is 4.65. The van der Waals surface area contributed by atoms with Crippen molar-refractivity contribution in [3.63, 3.8) is 0 Å². The van der Waals surface area contributed by atoms with Crippen LogP contribution in [0.15, 0.2) is 0 Å². The molecule has 0 atom stereocenters. The fraction of sp³-hybridized carbons (Fsp3) is 0.818. The summed E-state index contributed by atoms with van der Waals surface area (Å²) >= 11 is 0. The molecule has 1 aliphatic rings. The highest BCUT2D eigenvalue weighted by Crippen LogP contribution is 2.26. The Morgan fingerprint density at radius 3 is 2.29 bits per heavy atom. The molecule has 1 fully saturated rings. The van der Waals surface area contributed by atoms with E-state index in [-0.39, 0.29) is 6.54 Å². The monoisotopic (exact) mass is 243 g/mol. The second-order valence-corrected chi connectivity index (χ2v) is 4.65. The number of nitrogens with two attached hydrogens (primary N) is 1. The molecule has 6 heteroatoms. The van der Waals surface area contributed by atoms with E-state index in [9.17, 15) is 14.7 Å². The molecule has 0 bridgehead atoms. The maximum atomic E-state index is 11.1. The highest BCUT2D eigenvalue weighted by atomic mass is 16.3. The zero-order valence-corrected chi connectivity index (χ0v) is 10.00. The molecule has 0 heterocycles. The van der Waals surface area contributed by atoms with Crippen LogP contribution in [0.2, 0.25) is 0 Å². The average Bonchev–Trinajstić information content (AvgIpc) is 2.42. The summed E-state index contributed by atoms with van der Waals surface area (Å²) in [6.45, 7) is 0.366. The van der Waals surface area contributed by atoms with E-state index in [1.165, 1.54) is 0 Å². The van der Waals surface area contributed by atoms with Crippen molar-refractivity contribution >= 4 is 11.9 Å². The number of carbonyl (C=O) groups is 2. The predicted molar refractivity (Wildman–Crippen MR) is 63.2 cm³/mol. The van der Waals surface area contributed by atoms with Crippen LogP contribution in [0.3, 0.4) is 0 Å². The number of imide groups is 1. The van der Waals surface area contributed by atoms with Crippen LogP contribution < -0.4 is 16.4 Å². The third kappa shape index (κ3) is 5.65. The van der Waals surface area contributed by atoms with Crippen molar-refractivity contribution < 1.29 is 14.7 Å². The van der Waals surface area contributed by atoms with E-state index in [0.29, 0.717) is 6.54 Å². The van der Waals surface area contributed by atoms with E-state index in [2.05, 4.69) is 5.32 Å². The normalized spacial score (nSPS) is 19.4. The number of aliphatic hydroxyl groups is 1. The van der Waals surface area contributed by atoms with E-state index in [4.69, 9.17) is 5.73 Å². The molecule has 0 aromatic heterocycles. The minimum atomic E-state index is -0.857. The number of rotatable bonds is 4. The summed E-state index contributed by atoms with van der Waals surface area (Å²) < 4.78 is 0. The van der Waals surface area contributed by atoms with Crippen molar-refractivity contribution in [2.45, 2.75) is 44.1 Å². The quantitative estimate of drug-likeness (QED) is 0.516. The Morgan fingerprint density at radius 1 is 1.18 bits per heavy atom. The Morgan fingerprint density at radius 2 is 1.76 bits per heavy atom. The first-order valence-electron chi connectivity index (χ1n) is 6.04. The Bertz CT molecular complexity index is 273. The SMILES string of the molecule is NC(=O)NC(=O)CNCC1(O)CCCCCC1. The van der Waals surface area contributed by atoms with Gasteiger partial charge in [-0.1, -0.05) is 25.7 Å². The molecule has 1 rings (SSSR count). The van der Waals surface area contributed by atoms with Gasteiger partial charge in [0.1, 0.15) is 0 Å². The number of nitrogens with one attached hydrogen (secondary N) is 2. The molecule has 0 radical (unpaired) electrons. The van der Waals surface area contributed by atoms with Crippen LogP contribution in [0.25, 0.3) is 0 Å². The van der Waals surface area contributed by atoms with Gasteiger partial charge in [0.05, 0.1) is 12.1 Å². The molecular weight excluding hydrogens is 222 g/mol. The summed E-state index contributed by atoms with van der Waals surface area (Å²) in [5, 5.41) is 15.1. The van der Waals surface area contributed by atoms with Crippen LogP contribution in [0.5, 0.6) is 0 Å². The number of carbonyl (C=O) groups excluding carboxylic acids is 2.